The summed E-state index contributed by atoms with van der Waals surface area (Å²) in [5.74, 6) is 0. The van der Waals surface area contributed by atoms with Crippen molar-refractivity contribution in [3.8, 4) is 0 Å². The average molecular weight is 279 g/mol. The Morgan fingerprint density at radius 1 is 1.47 bits per heavy atom. The maximum atomic E-state index is 12.2. The SMILES string of the molecule is O=c1c2sccc2ncn1CCN1CCCC(O)C1. The fourth-order valence-electron chi connectivity index (χ4n) is 2.52. The Morgan fingerprint density at radius 3 is 3.21 bits per heavy atom. The molecule has 1 aliphatic rings. The highest BCUT2D eigenvalue weighted by atomic mass is 32.1. The van der Waals surface area contributed by atoms with Gasteiger partial charge in [-0.25, -0.2) is 4.98 Å². The highest BCUT2D eigenvalue weighted by molar-refractivity contribution is 7.17. The molecule has 3 heterocycles. The first kappa shape index (κ1) is 12.8. The first-order valence-electron chi connectivity index (χ1n) is 6.57. The minimum Gasteiger partial charge on any atom is -0.392 e. The summed E-state index contributed by atoms with van der Waals surface area (Å²) in [7, 11) is 0. The van der Waals surface area contributed by atoms with Gasteiger partial charge < -0.3 is 5.11 Å². The van der Waals surface area contributed by atoms with Crippen molar-refractivity contribution < 1.29 is 5.11 Å². The van der Waals surface area contributed by atoms with Crippen LogP contribution in [0.15, 0.2) is 22.6 Å². The first-order chi connectivity index (χ1) is 9.24. The third kappa shape index (κ3) is 2.70. The first-order valence-corrected chi connectivity index (χ1v) is 7.45. The second kappa shape index (κ2) is 5.40. The van der Waals surface area contributed by atoms with Gasteiger partial charge in [0.1, 0.15) is 4.70 Å². The van der Waals surface area contributed by atoms with Crippen molar-refractivity contribution >= 4 is 21.6 Å². The third-order valence-corrected chi connectivity index (χ3v) is 4.47. The number of aliphatic hydroxyl groups is 1. The van der Waals surface area contributed by atoms with Crippen LogP contribution in [0.3, 0.4) is 0 Å². The zero-order chi connectivity index (χ0) is 13.2. The predicted molar refractivity (Wildman–Crippen MR) is 75.6 cm³/mol. The van der Waals surface area contributed by atoms with Crippen molar-refractivity contribution in [3.05, 3.63) is 28.1 Å². The molecule has 0 saturated carbocycles. The molecule has 0 spiro atoms. The van der Waals surface area contributed by atoms with Gasteiger partial charge in [0.15, 0.2) is 0 Å². The molecule has 1 aliphatic heterocycles. The van der Waals surface area contributed by atoms with Gasteiger partial charge in [-0.15, -0.1) is 11.3 Å². The van der Waals surface area contributed by atoms with Crippen molar-refractivity contribution in [1.82, 2.24) is 14.5 Å². The molecular formula is C13H17N3O2S. The Labute approximate surface area is 115 Å². The van der Waals surface area contributed by atoms with E-state index in [-0.39, 0.29) is 11.7 Å². The van der Waals surface area contributed by atoms with E-state index in [4.69, 9.17) is 0 Å². The average Bonchev–Trinajstić information content (AvgIpc) is 2.87. The number of thiophene rings is 1. The van der Waals surface area contributed by atoms with Crippen molar-refractivity contribution in [1.29, 1.82) is 0 Å². The lowest BCUT2D eigenvalue weighted by molar-refractivity contribution is 0.0687. The molecule has 1 saturated heterocycles. The number of aromatic nitrogens is 2. The summed E-state index contributed by atoms with van der Waals surface area (Å²) in [5, 5.41) is 11.5. The lowest BCUT2D eigenvalue weighted by Gasteiger charge is -2.29. The molecule has 2 aromatic heterocycles. The normalized spacial score (nSPS) is 21.0. The minimum atomic E-state index is -0.219. The van der Waals surface area contributed by atoms with E-state index in [1.54, 1.807) is 10.9 Å². The van der Waals surface area contributed by atoms with E-state index in [2.05, 4.69) is 9.88 Å². The molecule has 0 amide bonds. The standard InChI is InChI=1S/C13H17N3O2S/c17-10-2-1-4-15(8-10)5-6-16-9-14-11-3-7-19-12(11)13(16)18/h3,7,9-10,17H,1-2,4-6,8H2. The molecule has 6 heteroatoms. The fraction of sp³-hybridized carbons (Fsp3) is 0.538. The summed E-state index contributed by atoms with van der Waals surface area (Å²) < 4.78 is 2.39. The van der Waals surface area contributed by atoms with Gasteiger partial charge in [0.2, 0.25) is 0 Å². The van der Waals surface area contributed by atoms with E-state index >= 15 is 0 Å². The van der Waals surface area contributed by atoms with Gasteiger partial charge in [-0.05, 0) is 30.8 Å². The van der Waals surface area contributed by atoms with E-state index in [1.165, 1.54) is 11.3 Å². The molecule has 102 valence electrons. The topological polar surface area (TPSA) is 58.4 Å². The third-order valence-electron chi connectivity index (χ3n) is 3.57. The molecule has 2 aromatic rings. The van der Waals surface area contributed by atoms with Crippen LogP contribution in [0.1, 0.15) is 12.8 Å². The maximum absolute atomic E-state index is 12.2. The Kier molecular flexibility index (Phi) is 3.63. The Bertz CT molecular complexity index is 622. The number of likely N-dealkylation sites (tertiary alicyclic amines) is 1. The molecule has 1 N–H and O–H groups in total. The van der Waals surface area contributed by atoms with Crippen LogP contribution in [0.5, 0.6) is 0 Å². The van der Waals surface area contributed by atoms with Gasteiger partial charge in [0.05, 0.1) is 17.9 Å². The molecule has 19 heavy (non-hydrogen) atoms. The number of aliphatic hydroxyl groups excluding tert-OH is 1. The lowest BCUT2D eigenvalue weighted by Crippen LogP contribution is -2.40. The number of rotatable bonds is 3. The van der Waals surface area contributed by atoms with Crippen molar-refractivity contribution in [2.75, 3.05) is 19.6 Å². The van der Waals surface area contributed by atoms with Crippen LogP contribution in [-0.4, -0.2) is 45.3 Å². The summed E-state index contributed by atoms with van der Waals surface area (Å²) in [6, 6.07) is 1.87. The van der Waals surface area contributed by atoms with Crippen molar-refractivity contribution in [3.63, 3.8) is 0 Å². The van der Waals surface area contributed by atoms with Crippen LogP contribution in [-0.2, 0) is 6.54 Å². The predicted octanol–water partition coefficient (Wildman–Crippen LogP) is 0.915. The Morgan fingerprint density at radius 2 is 2.37 bits per heavy atom. The summed E-state index contributed by atoms with van der Waals surface area (Å²) in [4.78, 5) is 18.7. The molecule has 1 atom stereocenters. The smallest absolute Gasteiger partial charge is 0.271 e. The van der Waals surface area contributed by atoms with Gasteiger partial charge >= 0.3 is 0 Å². The summed E-state index contributed by atoms with van der Waals surface area (Å²) in [6.07, 6.45) is 3.32. The highest BCUT2D eigenvalue weighted by Crippen LogP contribution is 2.13. The second-order valence-electron chi connectivity index (χ2n) is 4.97. The van der Waals surface area contributed by atoms with Crippen LogP contribution in [0.25, 0.3) is 10.2 Å². The molecule has 0 aliphatic carbocycles. The summed E-state index contributed by atoms with van der Waals surface area (Å²) >= 11 is 1.44. The summed E-state index contributed by atoms with van der Waals surface area (Å²) in [5.41, 5.74) is 0.817. The number of hydrogen-bond acceptors (Lipinski definition) is 5. The van der Waals surface area contributed by atoms with Gasteiger partial charge in [-0.1, -0.05) is 0 Å². The number of hydrogen-bond donors (Lipinski definition) is 1. The van der Waals surface area contributed by atoms with Gasteiger partial charge in [-0.2, -0.15) is 0 Å². The fourth-order valence-corrected chi connectivity index (χ4v) is 3.31. The van der Waals surface area contributed by atoms with Crippen molar-refractivity contribution in [2.45, 2.75) is 25.5 Å². The number of nitrogens with zero attached hydrogens (tertiary/aromatic N) is 3. The van der Waals surface area contributed by atoms with E-state index in [0.717, 1.165) is 36.1 Å². The molecule has 0 radical (unpaired) electrons. The zero-order valence-electron chi connectivity index (χ0n) is 10.7. The molecule has 0 bridgehead atoms. The minimum absolute atomic E-state index is 0.0394. The molecule has 5 nitrogen and oxygen atoms in total. The largest absolute Gasteiger partial charge is 0.392 e. The molecule has 0 aromatic carbocycles. The van der Waals surface area contributed by atoms with Crippen LogP contribution in [0.2, 0.25) is 0 Å². The number of piperidine rings is 1. The quantitative estimate of drug-likeness (QED) is 0.907. The van der Waals surface area contributed by atoms with Crippen LogP contribution in [0, 0.1) is 0 Å². The Hall–Kier alpha value is -1.24. The zero-order valence-corrected chi connectivity index (χ0v) is 11.5. The lowest BCUT2D eigenvalue weighted by atomic mass is 10.1. The van der Waals surface area contributed by atoms with Crippen LogP contribution in [0.4, 0.5) is 0 Å². The van der Waals surface area contributed by atoms with E-state index in [9.17, 15) is 9.90 Å². The molecule has 3 rings (SSSR count). The summed E-state index contributed by atoms with van der Waals surface area (Å²) in [6.45, 7) is 3.13. The van der Waals surface area contributed by atoms with Crippen LogP contribution >= 0.6 is 11.3 Å². The van der Waals surface area contributed by atoms with E-state index in [1.807, 2.05) is 11.4 Å². The van der Waals surface area contributed by atoms with E-state index in [0.29, 0.717) is 13.1 Å². The maximum Gasteiger partial charge on any atom is 0.271 e. The highest BCUT2D eigenvalue weighted by Gasteiger charge is 2.17. The van der Waals surface area contributed by atoms with Gasteiger partial charge in [0, 0.05) is 19.6 Å². The molecule has 1 fully saturated rings. The number of β-amino-alcohol motifs (C(OH)–C–C–N with tert-alkyl or cyclic N) is 1. The molecule has 1 unspecified atom stereocenters. The second-order valence-corrected chi connectivity index (χ2v) is 5.89. The monoisotopic (exact) mass is 279 g/mol. The molecular weight excluding hydrogens is 262 g/mol. The number of fused-ring (bicyclic) bond motifs is 1. The van der Waals surface area contributed by atoms with Gasteiger partial charge in [0.25, 0.3) is 5.56 Å². The van der Waals surface area contributed by atoms with E-state index < -0.39 is 0 Å². The Balaban J connectivity index is 1.71. The van der Waals surface area contributed by atoms with Crippen LogP contribution < -0.4 is 5.56 Å². The van der Waals surface area contributed by atoms with Crippen molar-refractivity contribution in [2.24, 2.45) is 0 Å². The van der Waals surface area contributed by atoms with Gasteiger partial charge in [-0.3, -0.25) is 14.3 Å².